The van der Waals surface area contributed by atoms with Gasteiger partial charge in [-0.3, -0.25) is 0 Å². The van der Waals surface area contributed by atoms with Gasteiger partial charge >= 0.3 is 0 Å². The van der Waals surface area contributed by atoms with E-state index in [1.54, 1.807) is 24.4 Å². The van der Waals surface area contributed by atoms with Crippen LogP contribution in [0, 0.1) is 11.7 Å². The zero-order valence-corrected chi connectivity index (χ0v) is 14.6. The van der Waals surface area contributed by atoms with Crippen LogP contribution in [0.5, 0.6) is 5.75 Å². The average Bonchev–Trinajstić information content (AvgIpc) is 2.90. The lowest BCUT2D eigenvalue weighted by atomic mass is 10.1. The zero-order chi connectivity index (χ0) is 16.4. The molecule has 7 heteroatoms. The van der Waals surface area contributed by atoms with Crippen LogP contribution in [-0.2, 0) is 0 Å². The van der Waals surface area contributed by atoms with Crippen LogP contribution < -0.4 is 0 Å². The zero-order valence-electron chi connectivity index (χ0n) is 12.2. The van der Waals surface area contributed by atoms with Crippen molar-refractivity contribution in [1.82, 2.24) is 14.9 Å². The van der Waals surface area contributed by atoms with Gasteiger partial charge in [-0.05, 0) is 37.3 Å². The van der Waals surface area contributed by atoms with Crippen LogP contribution in [0.25, 0.3) is 11.4 Å². The van der Waals surface area contributed by atoms with Gasteiger partial charge in [-0.1, -0.05) is 45.8 Å². The van der Waals surface area contributed by atoms with Gasteiger partial charge in [0.05, 0.1) is 6.21 Å². The lowest BCUT2D eigenvalue weighted by Gasteiger charge is -2.02. The molecule has 0 aliphatic carbocycles. The number of nitrogens with zero attached hydrogens (tertiary/aromatic N) is 3. The number of H-pyrrole nitrogens is 1. The van der Waals surface area contributed by atoms with E-state index in [9.17, 15) is 5.11 Å². The number of aromatic hydroxyl groups is 1. The largest absolute Gasteiger partial charge is 0.507 e. The topological polar surface area (TPSA) is 66.2 Å². The molecule has 0 unspecified atom stereocenters. The molecule has 0 amide bonds. The Bertz CT molecular complexity index is 928. The molecule has 2 aromatic carbocycles. The third-order valence-electron chi connectivity index (χ3n) is 3.26. The molecule has 23 heavy (non-hydrogen) atoms. The van der Waals surface area contributed by atoms with Crippen LogP contribution in [-0.4, -0.2) is 26.2 Å². The summed E-state index contributed by atoms with van der Waals surface area (Å²) >= 11 is 8.60. The number of rotatable bonds is 3. The minimum Gasteiger partial charge on any atom is -0.507 e. The standard InChI is InChI=1S/C16H13BrN4OS/c1-10-2-4-11(5-3-10)15-19-20-16(23)21(15)18-9-12-8-13(17)6-7-14(12)22/h2-9,22H,1H3,(H,20,23). The number of hydrogen-bond acceptors (Lipinski definition) is 4. The molecule has 116 valence electrons. The molecule has 1 heterocycles. The molecule has 0 bridgehead atoms. The quantitative estimate of drug-likeness (QED) is 0.520. The monoisotopic (exact) mass is 388 g/mol. The molecule has 0 fully saturated rings. The van der Waals surface area contributed by atoms with E-state index in [4.69, 9.17) is 12.2 Å². The Hall–Kier alpha value is -2.25. The Kier molecular flexibility index (Phi) is 4.40. The van der Waals surface area contributed by atoms with E-state index < -0.39 is 0 Å². The normalized spacial score (nSPS) is 11.2. The number of halogens is 1. The first kappa shape index (κ1) is 15.6. The molecular formula is C16H13BrN4OS. The molecule has 0 spiro atoms. The van der Waals surface area contributed by atoms with Crippen LogP contribution in [0.1, 0.15) is 11.1 Å². The maximum Gasteiger partial charge on any atom is 0.216 e. The van der Waals surface area contributed by atoms with Crippen molar-refractivity contribution in [1.29, 1.82) is 0 Å². The van der Waals surface area contributed by atoms with E-state index in [0.717, 1.165) is 15.6 Å². The second-order valence-electron chi connectivity index (χ2n) is 4.98. The van der Waals surface area contributed by atoms with E-state index in [0.29, 0.717) is 16.2 Å². The second kappa shape index (κ2) is 6.47. The van der Waals surface area contributed by atoms with Gasteiger partial charge in [0.25, 0.3) is 0 Å². The van der Waals surface area contributed by atoms with Gasteiger partial charge in [0.2, 0.25) is 4.77 Å². The van der Waals surface area contributed by atoms with E-state index in [2.05, 4.69) is 31.2 Å². The molecule has 0 aliphatic heterocycles. The summed E-state index contributed by atoms with van der Waals surface area (Å²) in [5.41, 5.74) is 2.65. The van der Waals surface area contributed by atoms with Crippen molar-refractivity contribution in [3.05, 3.63) is 62.8 Å². The van der Waals surface area contributed by atoms with Crippen LogP contribution >= 0.6 is 28.1 Å². The van der Waals surface area contributed by atoms with Crippen molar-refractivity contribution in [2.75, 3.05) is 0 Å². The minimum atomic E-state index is 0.142. The van der Waals surface area contributed by atoms with Gasteiger partial charge in [0.1, 0.15) is 5.75 Å². The Morgan fingerprint density at radius 1 is 1.26 bits per heavy atom. The fraction of sp³-hybridized carbons (Fsp3) is 0.0625. The Balaban J connectivity index is 2.02. The summed E-state index contributed by atoms with van der Waals surface area (Å²) in [6.45, 7) is 2.02. The summed E-state index contributed by atoms with van der Waals surface area (Å²) < 4.78 is 2.76. The summed E-state index contributed by atoms with van der Waals surface area (Å²) in [5, 5.41) is 21.2. The van der Waals surface area contributed by atoms with Crippen LogP contribution in [0.2, 0.25) is 0 Å². The predicted octanol–water partition coefficient (Wildman–Crippen LogP) is 4.27. The first-order valence-corrected chi connectivity index (χ1v) is 8.02. The summed E-state index contributed by atoms with van der Waals surface area (Å²) in [4.78, 5) is 0. The molecular weight excluding hydrogens is 376 g/mol. The van der Waals surface area contributed by atoms with E-state index in [1.165, 1.54) is 4.68 Å². The first-order valence-electron chi connectivity index (χ1n) is 6.82. The lowest BCUT2D eigenvalue weighted by molar-refractivity contribution is 0.474. The van der Waals surface area contributed by atoms with Gasteiger partial charge in [-0.25, -0.2) is 5.10 Å². The van der Waals surface area contributed by atoms with Gasteiger partial charge in [0.15, 0.2) is 5.82 Å². The number of aromatic nitrogens is 3. The Morgan fingerprint density at radius 3 is 2.74 bits per heavy atom. The molecule has 1 aromatic heterocycles. The number of nitrogens with one attached hydrogen (secondary N) is 1. The summed E-state index contributed by atoms with van der Waals surface area (Å²) in [5.74, 6) is 0.754. The third-order valence-corrected chi connectivity index (χ3v) is 4.02. The van der Waals surface area contributed by atoms with Gasteiger partial charge in [-0.2, -0.15) is 14.9 Å². The third kappa shape index (κ3) is 3.40. The highest BCUT2D eigenvalue weighted by Gasteiger charge is 2.08. The minimum absolute atomic E-state index is 0.142. The molecule has 3 rings (SSSR count). The Morgan fingerprint density at radius 2 is 2.00 bits per heavy atom. The lowest BCUT2D eigenvalue weighted by Crippen LogP contribution is -1.95. The number of phenolic OH excluding ortho intramolecular Hbond substituents is 1. The van der Waals surface area contributed by atoms with Crippen molar-refractivity contribution in [3.63, 3.8) is 0 Å². The van der Waals surface area contributed by atoms with Gasteiger partial charge < -0.3 is 5.11 Å². The molecule has 0 atom stereocenters. The van der Waals surface area contributed by atoms with E-state index in [1.807, 2.05) is 31.2 Å². The average molecular weight is 389 g/mol. The molecule has 3 aromatic rings. The number of benzene rings is 2. The summed E-state index contributed by atoms with van der Waals surface area (Å²) in [6, 6.07) is 13.1. The van der Waals surface area contributed by atoms with Crippen LogP contribution in [0.4, 0.5) is 0 Å². The van der Waals surface area contributed by atoms with Crippen molar-refractivity contribution in [2.45, 2.75) is 6.92 Å². The fourth-order valence-electron chi connectivity index (χ4n) is 2.04. The smallest absolute Gasteiger partial charge is 0.216 e. The number of aromatic amines is 1. The highest BCUT2D eigenvalue weighted by atomic mass is 79.9. The maximum atomic E-state index is 9.88. The molecule has 0 saturated heterocycles. The highest BCUT2D eigenvalue weighted by Crippen LogP contribution is 2.21. The summed E-state index contributed by atoms with van der Waals surface area (Å²) in [7, 11) is 0. The fourth-order valence-corrected chi connectivity index (χ4v) is 2.60. The van der Waals surface area contributed by atoms with Crippen molar-refractivity contribution in [3.8, 4) is 17.1 Å². The van der Waals surface area contributed by atoms with Crippen molar-refractivity contribution in [2.24, 2.45) is 5.10 Å². The highest BCUT2D eigenvalue weighted by molar-refractivity contribution is 9.10. The molecule has 5 nitrogen and oxygen atoms in total. The van der Waals surface area contributed by atoms with Crippen molar-refractivity contribution >= 4 is 34.4 Å². The van der Waals surface area contributed by atoms with Gasteiger partial charge in [-0.15, -0.1) is 0 Å². The van der Waals surface area contributed by atoms with E-state index >= 15 is 0 Å². The summed E-state index contributed by atoms with van der Waals surface area (Å²) in [6.07, 6.45) is 1.54. The molecule has 2 N–H and O–H groups in total. The number of hydrogen-bond donors (Lipinski definition) is 2. The molecule has 0 saturated carbocycles. The SMILES string of the molecule is Cc1ccc(-c2n[nH]c(=S)n2N=Cc2cc(Br)ccc2O)cc1. The second-order valence-corrected chi connectivity index (χ2v) is 6.28. The van der Waals surface area contributed by atoms with Crippen molar-refractivity contribution < 1.29 is 5.11 Å². The molecule has 0 radical (unpaired) electrons. The maximum absolute atomic E-state index is 9.88. The van der Waals surface area contributed by atoms with Gasteiger partial charge in [0, 0.05) is 15.6 Å². The van der Waals surface area contributed by atoms with Crippen LogP contribution in [0.15, 0.2) is 52.0 Å². The van der Waals surface area contributed by atoms with E-state index in [-0.39, 0.29) is 5.75 Å². The predicted molar refractivity (Wildman–Crippen MR) is 96.4 cm³/mol. The molecule has 0 aliphatic rings. The van der Waals surface area contributed by atoms with Crippen LogP contribution in [0.3, 0.4) is 0 Å². The number of phenols is 1. The Labute approximate surface area is 146 Å². The first-order chi connectivity index (χ1) is 11.0. The number of aryl methyl sites for hydroxylation is 1.